The van der Waals surface area contributed by atoms with Crippen molar-refractivity contribution in [2.45, 2.75) is 26.3 Å². The zero-order valence-electron chi connectivity index (χ0n) is 11.7. The average molecular weight is 291 g/mol. The van der Waals surface area contributed by atoms with Crippen molar-refractivity contribution < 1.29 is 4.92 Å². The Hall–Kier alpha value is -1.95. The van der Waals surface area contributed by atoms with Gasteiger partial charge < -0.3 is 4.90 Å². The standard InChI is InChI=1S/C14H17N3O2S/c1-10-6-14(15-8-13(10)17(18)19)16(3)11(2)7-12-4-5-20-9-12/h4-6,8-9,11H,7H2,1-3H3. The minimum atomic E-state index is -0.402. The van der Waals surface area contributed by atoms with Crippen LogP contribution in [0.15, 0.2) is 29.1 Å². The van der Waals surface area contributed by atoms with Crippen molar-refractivity contribution >= 4 is 22.8 Å². The van der Waals surface area contributed by atoms with E-state index in [0.717, 1.165) is 12.2 Å². The second kappa shape index (κ2) is 6.00. The van der Waals surface area contributed by atoms with Crippen LogP contribution in [-0.4, -0.2) is 23.0 Å². The number of aryl methyl sites for hydroxylation is 1. The minimum Gasteiger partial charge on any atom is -0.357 e. The molecule has 0 aliphatic rings. The van der Waals surface area contributed by atoms with Gasteiger partial charge in [-0.1, -0.05) is 0 Å². The van der Waals surface area contributed by atoms with E-state index in [-0.39, 0.29) is 11.7 Å². The first-order chi connectivity index (χ1) is 9.49. The van der Waals surface area contributed by atoms with Crippen LogP contribution in [0.5, 0.6) is 0 Å². The number of hydrogen-bond donors (Lipinski definition) is 0. The van der Waals surface area contributed by atoms with Crippen molar-refractivity contribution in [2.24, 2.45) is 0 Å². The van der Waals surface area contributed by atoms with Crippen molar-refractivity contribution in [3.63, 3.8) is 0 Å². The lowest BCUT2D eigenvalue weighted by Crippen LogP contribution is -2.31. The maximum Gasteiger partial charge on any atom is 0.290 e. The van der Waals surface area contributed by atoms with Gasteiger partial charge in [0.05, 0.1) is 4.92 Å². The summed E-state index contributed by atoms with van der Waals surface area (Å²) in [7, 11) is 1.96. The maximum absolute atomic E-state index is 10.8. The van der Waals surface area contributed by atoms with Crippen molar-refractivity contribution in [2.75, 3.05) is 11.9 Å². The van der Waals surface area contributed by atoms with Gasteiger partial charge >= 0.3 is 0 Å². The molecule has 2 heterocycles. The lowest BCUT2D eigenvalue weighted by Gasteiger charge is -2.26. The van der Waals surface area contributed by atoms with Crippen LogP contribution in [-0.2, 0) is 6.42 Å². The summed E-state index contributed by atoms with van der Waals surface area (Å²) in [6, 6.07) is 4.16. The summed E-state index contributed by atoms with van der Waals surface area (Å²) in [6.07, 6.45) is 2.26. The fraction of sp³-hybridized carbons (Fsp3) is 0.357. The molecule has 0 fully saturated rings. The van der Waals surface area contributed by atoms with Gasteiger partial charge in [0.25, 0.3) is 5.69 Å². The van der Waals surface area contributed by atoms with Gasteiger partial charge in [-0.25, -0.2) is 4.98 Å². The van der Waals surface area contributed by atoms with Crippen LogP contribution in [0.3, 0.4) is 0 Å². The molecule has 0 saturated heterocycles. The molecule has 6 heteroatoms. The molecule has 0 radical (unpaired) electrons. The third kappa shape index (κ3) is 3.14. The smallest absolute Gasteiger partial charge is 0.290 e. The van der Waals surface area contributed by atoms with Crippen LogP contribution in [0.2, 0.25) is 0 Å². The van der Waals surface area contributed by atoms with E-state index < -0.39 is 4.92 Å². The Morgan fingerprint density at radius 2 is 2.30 bits per heavy atom. The van der Waals surface area contributed by atoms with Gasteiger partial charge in [0.15, 0.2) is 0 Å². The van der Waals surface area contributed by atoms with E-state index in [4.69, 9.17) is 0 Å². The fourth-order valence-corrected chi connectivity index (χ4v) is 2.71. The molecule has 1 atom stereocenters. The Balaban J connectivity index is 2.14. The van der Waals surface area contributed by atoms with Crippen molar-refractivity contribution in [1.82, 2.24) is 4.98 Å². The molecule has 1 unspecified atom stereocenters. The topological polar surface area (TPSA) is 59.3 Å². The number of nitro groups is 1. The molecular formula is C14H17N3O2S. The van der Waals surface area contributed by atoms with Crippen molar-refractivity contribution in [3.05, 3.63) is 50.3 Å². The predicted octanol–water partition coefficient (Wildman–Crippen LogP) is 3.43. The monoisotopic (exact) mass is 291 g/mol. The number of rotatable bonds is 5. The number of pyridine rings is 1. The summed E-state index contributed by atoms with van der Waals surface area (Å²) in [5.41, 5.74) is 2.00. The first-order valence-corrected chi connectivity index (χ1v) is 7.28. The molecule has 2 aromatic rings. The Kier molecular flexibility index (Phi) is 4.34. The number of anilines is 1. The normalized spacial score (nSPS) is 12.2. The highest BCUT2D eigenvalue weighted by Gasteiger charge is 2.16. The molecule has 0 aromatic carbocycles. The van der Waals surface area contributed by atoms with Crippen LogP contribution in [0, 0.1) is 17.0 Å². The maximum atomic E-state index is 10.8. The number of nitrogens with zero attached hydrogens (tertiary/aromatic N) is 3. The molecule has 0 spiro atoms. The second-order valence-electron chi connectivity index (χ2n) is 4.88. The van der Waals surface area contributed by atoms with Crippen LogP contribution in [0.4, 0.5) is 11.5 Å². The molecule has 2 aromatic heterocycles. The van der Waals surface area contributed by atoms with Gasteiger partial charge in [0, 0.05) is 18.7 Å². The van der Waals surface area contributed by atoms with E-state index in [2.05, 4.69) is 28.7 Å². The van der Waals surface area contributed by atoms with E-state index in [1.807, 2.05) is 11.9 Å². The highest BCUT2D eigenvalue weighted by atomic mass is 32.1. The molecule has 106 valence electrons. The third-order valence-electron chi connectivity index (χ3n) is 3.40. The average Bonchev–Trinajstić information content (AvgIpc) is 2.90. The Morgan fingerprint density at radius 3 is 2.85 bits per heavy atom. The highest BCUT2D eigenvalue weighted by Crippen LogP contribution is 2.22. The molecule has 0 aliphatic carbocycles. The van der Waals surface area contributed by atoms with Crippen LogP contribution >= 0.6 is 11.3 Å². The van der Waals surface area contributed by atoms with Gasteiger partial charge in [0.1, 0.15) is 12.0 Å². The molecule has 0 bridgehead atoms. The van der Waals surface area contributed by atoms with E-state index in [1.165, 1.54) is 11.8 Å². The van der Waals surface area contributed by atoms with Gasteiger partial charge in [-0.05, 0) is 48.7 Å². The first-order valence-electron chi connectivity index (χ1n) is 6.34. The van der Waals surface area contributed by atoms with E-state index in [0.29, 0.717) is 5.56 Å². The molecule has 0 N–H and O–H groups in total. The summed E-state index contributed by atoms with van der Waals surface area (Å²) in [4.78, 5) is 16.6. The van der Waals surface area contributed by atoms with Crippen LogP contribution in [0.25, 0.3) is 0 Å². The summed E-state index contributed by atoms with van der Waals surface area (Å²) in [5.74, 6) is 0.760. The van der Waals surface area contributed by atoms with Crippen molar-refractivity contribution in [3.8, 4) is 0 Å². The van der Waals surface area contributed by atoms with E-state index in [1.54, 1.807) is 24.3 Å². The predicted molar refractivity (Wildman–Crippen MR) is 81.5 cm³/mol. The third-order valence-corrected chi connectivity index (χ3v) is 4.13. The summed E-state index contributed by atoms with van der Waals surface area (Å²) in [6.45, 7) is 3.86. The molecule has 0 amide bonds. The van der Waals surface area contributed by atoms with Crippen molar-refractivity contribution in [1.29, 1.82) is 0 Å². The molecule has 0 saturated carbocycles. The zero-order chi connectivity index (χ0) is 14.7. The summed E-state index contributed by atoms with van der Waals surface area (Å²) >= 11 is 1.69. The Labute approximate surface area is 122 Å². The summed E-state index contributed by atoms with van der Waals surface area (Å²) in [5, 5.41) is 15.0. The molecular weight excluding hydrogens is 274 g/mol. The first kappa shape index (κ1) is 14.5. The quantitative estimate of drug-likeness (QED) is 0.625. The number of thiophene rings is 1. The lowest BCUT2D eigenvalue weighted by molar-refractivity contribution is -0.385. The second-order valence-corrected chi connectivity index (χ2v) is 5.66. The van der Waals surface area contributed by atoms with Crippen LogP contribution < -0.4 is 4.90 Å². The molecule has 20 heavy (non-hydrogen) atoms. The summed E-state index contributed by atoms with van der Waals surface area (Å²) < 4.78 is 0. The minimum absolute atomic E-state index is 0.0626. The van der Waals surface area contributed by atoms with Gasteiger partial charge in [0.2, 0.25) is 0 Å². The molecule has 2 rings (SSSR count). The van der Waals surface area contributed by atoms with Gasteiger partial charge in [-0.15, -0.1) is 0 Å². The number of hydrogen-bond acceptors (Lipinski definition) is 5. The van der Waals surface area contributed by atoms with E-state index >= 15 is 0 Å². The molecule has 5 nitrogen and oxygen atoms in total. The largest absolute Gasteiger partial charge is 0.357 e. The van der Waals surface area contributed by atoms with Gasteiger partial charge in [-0.3, -0.25) is 10.1 Å². The zero-order valence-corrected chi connectivity index (χ0v) is 12.6. The fourth-order valence-electron chi connectivity index (χ4n) is 2.03. The van der Waals surface area contributed by atoms with Gasteiger partial charge in [-0.2, -0.15) is 11.3 Å². The highest BCUT2D eigenvalue weighted by molar-refractivity contribution is 7.07. The number of aromatic nitrogens is 1. The Morgan fingerprint density at radius 1 is 1.55 bits per heavy atom. The Bertz CT molecular complexity index is 598. The van der Waals surface area contributed by atoms with Crippen LogP contribution in [0.1, 0.15) is 18.1 Å². The molecule has 0 aliphatic heterocycles. The lowest BCUT2D eigenvalue weighted by atomic mass is 10.1. The van der Waals surface area contributed by atoms with E-state index in [9.17, 15) is 10.1 Å². The SMILES string of the molecule is Cc1cc(N(C)C(C)Cc2ccsc2)ncc1[N+](=O)[O-]. The number of likely N-dealkylation sites (N-methyl/N-ethyl adjacent to an activating group) is 1.